The number of nitrogens with one attached hydrogen (secondary N) is 1. The molecule has 6 nitrogen and oxygen atoms in total. The van der Waals surface area contributed by atoms with E-state index in [1.54, 1.807) is 14.2 Å². The van der Waals surface area contributed by atoms with Gasteiger partial charge in [-0.25, -0.2) is 0 Å². The normalized spacial score (nSPS) is 38.3. The maximum atomic E-state index is 12.8. The Bertz CT molecular complexity index is 735. The van der Waals surface area contributed by atoms with Crippen molar-refractivity contribution in [3.63, 3.8) is 0 Å². The first-order chi connectivity index (χ1) is 12.0. The van der Waals surface area contributed by atoms with E-state index < -0.39 is 23.2 Å². The zero-order valence-electron chi connectivity index (χ0n) is 14.8. The predicted molar refractivity (Wildman–Crippen MR) is 91.1 cm³/mol. The highest BCUT2D eigenvalue weighted by atomic mass is 16.5. The minimum Gasteiger partial charge on any atom is -0.493 e. The van der Waals surface area contributed by atoms with E-state index >= 15 is 0 Å². The number of carbonyl (C=O) groups excluding carboxylic acids is 1. The van der Waals surface area contributed by atoms with E-state index in [0.717, 1.165) is 17.5 Å². The number of likely N-dealkylation sites (N-methyl/N-ethyl adjacent to an activating group) is 1. The Morgan fingerprint density at radius 1 is 1.40 bits per heavy atom. The highest BCUT2D eigenvalue weighted by molar-refractivity contribution is 5.90. The van der Waals surface area contributed by atoms with Gasteiger partial charge in [-0.1, -0.05) is 19.4 Å². The van der Waals surface area contributed by atoms with Crippen molar-refractivity contribution in [1.82, 2.24) is 5.32 Å². The van der Waals surface area contributed by atoms with Crippen LogP contribution < -0.4 is 14.8 Å². The van der Waals surface area contributed by atoms with Gasteiger partial charge in [-0.2, -0.15) is 0 Å². The van der Waals surface area contributed by atoms with Gasteiger partial charge in [0.25, 0.3) is 0 Å². The number of ether oxygens (including phenoxy) is 2. The van der Waals surface area contributed by atoms with Crippen LogP contribution in [0.3, 0.4) is 0 Å². The fourth-order valence-electron chi connectivity index (χ4n) is 5.48. The van der Waals surface area contributed by atoms with Crippen LogP contribution in [0.5, 0.6) is 11.5 Å². The summed E-state index contributed by atoms with van der Waals surface area (Å²) in [6.45, 7) is 2.02. The molecule has 0 unspecified atom stereocenters. The van der Waals surface area contributed by atoms with Gasteiger partial charge in [0.05, 0.1) is 18.6 Å². The molecule has 25 heavy (non-hydrogen) atoms. The molecule has 0 aromatic heterocycles. The monoisotopic (exact) mass is 347 g/mol. The number of aliphatic hydroxyl groups excluding tert-OH is 1. The molecule has 6 heteroatoms. The lowest BCUT2D eigenvalue weighted by molar-refractivity contribution is -0.197. The topological polar surface area (TPSA) is 88.0 Å². The molecule has 136 valence electrons. The summed E-state index contributed by atoms with van der Waals surface area (Å²) in [4.78, 5) is 12.8. The lowest BCUT2D eigenvalue weighted by Crippen LogP contribution is -2.77. The summed E-state index contributed by atoms with van der Waals surface area (Å²) in [5, 5.41) is 25.8. The van der Waals surface area contributed by atoms with Crippen molar-refractivity contribution < 1.29 is 24.5 Å². The molecule has 0 radical (unpaired) electrons. The third-order valence-electron chi connectivity index (χ3n) is 6.41. The molecule has 0 amide bonds. The van der Waals surface area contributed by atoms with Gasteiger partial charge >= 0.3 is 0 Å². The molecular formula is C19H25NO5. The van der Waals surface area contributed by atoms with E-state index in [2.05, 4.69) is 5.32 Å². The molecule has 0 saturated heterocycles. The van der Waals surface area contributed by atoms with E-state index in [1.807, 2.05) is 19.1 Å². The van der Waals surface area contributed by atoms with E-state index in [0.29, 0.717) is 24.3 Å². The second-order valence-corrected chi connectivity index (χ2v) is 7.41. The number of aliphatic hydroxyl groups is 2. The Morgan fingerprint density at radius 3 is 2.80 bits per heavy atom. The van der Waals surface area contributed by atoms with Crippen LogP contribution in [0.1, 0.15) is 37.3 Å². The summed E-state index contributed by atoms with van der Waals surface area (Å²) in [6.07, 6.45) is -0.143. The quantitative estimate of drug-likeness (QED) is 0.743. The Morgan fingerprint density at radius 2 is 2.16 bits per heavy atom. The molecule has 2 aliphatic carbocycles. The van der Waals surface area contributed by atoms with Crippen molar-refractivity contribution in [2.75, 3.05) is 14.2 Å². The second-order valence-electron chi connectivity index (χ2n) is 7.41. The van der Waals surface area contributed by atoms with Gasteiger partial charge in [-0.15, -0.1) is 0 Å². The Hall–Kier alpha value is -1.63. The predicted octanol–water partition coefficient (Wildman–Crippen LogP) is 0.703. The number of ketones is 1. The van der Waals surface area contributed by atoms with Gasteiger partial charge in [-0.3, -0.25) is 4.79 Å². The third kappa shape index (κ3) is 1.77. The summed E-state index contributed by atoms with van der Waals surface area (Å²) in [7, 11) is 3.35. The van der Waals surface area contributed by atoms with Crippen LogP contribution in [-0.4, -0.2) is 54.0 Å². The highest BCUT2D eigenvalue weighted by Crippen LogP contribution is 2.62. The number of methoxy groups -OCH3 is 1. The molecular weight excluding hydrogens is 322 g/mol. The molecule has 0 spiro atoms. The van der Waals surface area contributed by atoms with Crippen molar-refractivity contribution in [1.29, 1.82) is 0 Å². The Balaban J connectivity index is 2.08. The van der Waals surface area contributed by atoms with Crippen molar-refractivity contribution >= 4 is 5.78 Å². The fourth-order valence-corrected chi connectivity index (χ4v) is 5.48. The lowest BCUT2D eigenvalue weighted by Gasteiger charge is -2.58. The molecule has 1 heterocycles. The summed E-state index contributed by atoms with van der Waals surface area (Å²) < 4.78 is 11.6. The number of carbonyl (C=O) groups is 1. The molecule has 1 saturated carbocycles. The lowest BCUT2D eigenvalue weighted by atomic mass is 9.49. The molecule has 1 fully saturated rings. The summed E-state index contributed by atoms with van der Waals surface area (Å²) in [5.74, 6) is 0.955. The van der Waals surface area contributed by atoms with Gasteiger partial charge < -0.3 is 25.0 Å². The van der Waals surface area contributed by atoms with Crippen LogP contribution in [0.4, 0.5) is 0 Å². The first-order valence-electron chi connectivity index (χ1n) is 8.93. The summed E-state index contributed by atoms with van der Waals surface area (Å²) in [5.41, 5.74) is -0.541. The van der Waals surface area contributed by atoms with Gasteiger partial charge in [-0.05, 0) is 31.5 Å². The van der Waals surface area contributed by atoms with E-state index in [-0.39, 0.29) is 18.2 Å². The number of hydrogen-bond donors (Lipinski definition) is 3. The maximum Gasteiger partial charge on any atom is 0.177 e. The summed E-state index contributed by atoms with van der Waals surface area (Å²) in [6, 6.07) is 3.47. The van der Waals surface area contributed by atoms with Gasteiger partial charge in [0, 0.05) is 18.0 Å². The van der Waals surface area contributed by atoms with Crippen molar-refractivity contribution in [3.05, 3.63) is 23.3 Å². The molecule has 3 aliphatic rings. The van der Waals surface area contributed by atoms with Crippen LogP contribution in [0.15, 0.2) is 12.1 Å². The molecule has 0 bridgehead atoms. The molecule has 1 aliphatic heterocycles. The smallest absolute Gasteiger partial charge is 0.177 e. The van der Waals surface area contributed by atoms with E-state index in [4.69, 9.17) is 9.47 Å². The molecule has 1 aromatic carbocycles. The molecule has 1 aromatic rings. The second kappa shape index (κ2) is 5.43. The highest BCUT2D eigenvalue weighted by Gasteiger charge is 2.73. The van der Waals surface area contributed by atoms with Crippen LogP contribution in [0, 0.1) is 0 Å². The standard InChI is InChI=1S/C19H25NO5/c1-4-7-18-15-10-5-6-12(24-3)16(15)25-17(18)11(21)9-14(22)19(18,23)13(8-10)20-2/h5-6,13-14,17,20,22-23H,4,7-9H2,1-3H3/t13-,14-,17+,18+,19+/m1/s1. The molecule has 3 N–H and O–H groups in total. The minimum atomic E-state index is -1.47. The summed E-state index contributed by atoms with van der Waals surface area (Å²) >= 11 is 0. The van der Waals surface area contributed by atoms with Gasteiger partial charge in [0.15, 0.2) is 23.4 Å². The van der Waals surface area contributed by atoms with Crippen LogP contribution >= 0.6 is 0 Å². The number of hydrogen-bond acceptors (Lipinski definition) is 6. The Kier molecular flexibility index (Phi) is 3.65. The average molecular weight is 347 g/mol. The zero-order chi connectivity index (χ0) is 18.0. The van der Waals surface area contributed by atoms with Crippen molar-refractivity contribution in [3.8, 4) is 11.5 Å². The zero-order valence-corrected chi connectivity index (χ0v) is 14.8. The third-order valence-corrected chi connectivity index (χ3v) is 6.41. The SMILES string of the molecule is CCC[C@]12c3c4ccc(OC)c3O[C@H]1C(=O)C[C@@H](O)[C@@]2(O)[C@H](NC)C4. The van der Waals surface area contributed by atoms with Crippen molar-refractivity contribution in [2.24, 2.45) is 0 Å². The fraction of sp³-hybridized carbons (Fsp3) is 0.632. The van der Waals surface area contributed by atoms with Gasteiger partial charge in [0.2, 0.25) is 0 Å². The molecule has 4 rings (SSSR count). The largest absolute Gasteiger partial charge is 0.493 e. The first-order valence-corrected chi connectivity index (χ1v) is 8.93. The average Bonchev–Trinajstić information content (AvgIpc) is 2.95. The Labute approximate surface area is 147 Å². The first kappa shape index (κ1) is 16.8. The number of benzene rings is 1. The van der Waals surface area contributed by atoms with Crippen molar-refractivity contribution in [2.45, 2.75) is 61.9 Å². The van der Waals surface area contributed by atoms with E-state index in [1.165, 1.54) is 0 Å². The maximum absolute atomic E-state index is 12.8. The molecule has 5 atom stereocenters. The van der Waals surface area contributed by atoms with E-state index in [9.17, 15) is 15.0 Å². The van der Waals surface area contributed by atoms with Crippen LogP contribution in [-0.2, 0) is 16.6 Å². The van der Waals surface area contributed by atoms with Crippen LogP contribution in [0.25, 0.3) is 0 Å². The van der Waals surface area contributed by atoms with Crippen LogP contribution in [0.2, 0.25) is 0 Å². The van der Waals surface area contributed by atoms with Gasteiger partial charge in [0.1, 0.15) is 5.60 Å². The number of Topliss-reactive ketones (excluding diaryl/α,β-unsaturated/α-hetero) is 1. The number of rotatable bonds is 4. The minimum absolute atomic E-state index is 0.101.